The predicted molar refractivity (Wildman–Crippen MR) is 169 cm³/mol. The van der Waals surface area contributed by atoms with Crippen molar-refractivity contribution in [1.82, 2.24) is 15.5 Å². The molecule has 6 rings (SSSR count). The van der Waals surface area contributed by atoms with Gasteiger partial charge in [0.25, 0.3) is 0 Å². The number of amides is 1. The maximum atomic E-state index is 15.4. The van der Waals surface area contributed by atoms with Crippen molar-refractivity contribution in [3.05, 3.63) is 95.4 Å². The summed E-state index contributed by atoms with van der Waals surface area (Å²) in [4.78, 5) is 24.3. The van der Waals surface area contributed by atoms with Crippen molar-refractivity contribution in [3.8, 4) is 28.4 Å². The first-order valence-electron chi connectivity index (χ1n) is 15.3. The number of carbonyl (C=O) groups excluding carboxylic acids is 1. The van der Waals surface area contributed by atoms with Gasteiger partial charge in [-0.1, -0.05) is 12.1 Å². The molecule has 0 bridgehead atoms. The Morgan fingerprint density at radius 2 is 1.96 bits per heavy atom. The number of fused-ring (bicyclic) bond motifs is 1. The first kappa shape index (κ1) is 31.1. The zero-order valence-electron chi connectivity index (χ0n) is 25.4. The van der Waals surface area contributed by atoms with Crippen molar-refractivity contribution >= 4 is 17.7 Å². The molecule has 0 spiro atoms. The van der Waals surface area contributed by atoms with Crippen LogP contribution < -0.4 is 20.1 Å². The molecule has 1 unspecified atom stereocenters. The van der Waals surface area contributed by atoms with E-state index in [1.165, 1.54) is 24.4 Å². The van der Waals surface area contributed by atoms with Crippen molar-refractivity contribution in [1.29, 1.82) is 0 Å². The molecule has 1 fully saturated rings. The van der Waals surface area contributed by atoms with Gasteiger partial charge in [-0.2, -0.15) is 5.10 Å². The van der Waals surface area contributed by atoms with Crippen LogP contribution in [0.1, 0.15) is 54.1 Å². The normalized spacial score (nSPS) is 19.1. The van der Waals surface area contributed by atoms with Crippen LogP contribution in [0.4, 0.5) is 10.2 Å². The number of ether oxygens (including phenoxy) is 3. The van der Waals surface area contributed by atoms with Crippen molar-refractivity contribution in [2.24, 2.45) is 0 Å². The van der Waals surface area contributed by atoms with Crippen molar-refractivity contribution in [2.75, 3.05) is 25.1 Å². The first-order chi connectivity index (χ1) is 22.3. The smallest absolute Gasteiger partial charge is 0.335 e. The van der Waals surface area contributed by atoms with Gasteiger partial charge in [-0.15, -0.1) is 5.10 Å². The van der Waals surface area contributed by atoms with Gasteiger partial charge in [-0.25, -0.2) is 9.18 Å². The number of nitrogens with zero attached hydrogens (tertiary/aromatic N) is 2. The average Bonchev–Trinajstić information content (AvgIpc) is 3.05. The molecule has 238 valence electrons. The van der Waals surface area contributed by atoms with Gasteiger partial charge in [0.05, 0.1) is 11.7 Å². The van der Waals surface area contributed by atoms with Crippen LogP contribution in [0, 0.1) is 5.82 Å². The van der Waals surface area contributed by atoms with Gasteiger partial charge in [0.1, 0.15) is 18.2 Å². The van der Waals surface area contributed by atoms with Crippen LogP contribution in [0.3, 0.4) is 0 Å². The lowest BCUT2D eigenvalue weighted by Gasteiger charge is -2.37. The summed E-state index contributed by atoms with van der Waals surface area (Å²) in [6.45, 7) is 3.68. The van der Waals surface area contributed by atoms with Gasteiger partial charge in [-0.05, 0) is 97.8 Å². The number of carboxylic acid groups (broad SMARTS) is 1. The van der Waals surface area contributed by atoms with E-state index in [1.807, 2.05) is 19.1 Å². The van der Waals surface area contributed by atoms with E-state index in [4.69, 9.17) is 14.2 Å². The van der Waals surface area contributed by atoms with Gasteiger partial charge in [0.2, 0.25) is 5.91 Å². The maximum Gasteiger partial charge on any atom is 0.335 e. The Labute approximate surface area is 265 Å². The second kappa shape index (κ2) is 13.6. The van der Waals surface area contributed by atoms with Gasteiger partial charge in [0, 0.05) is 42.9 Å². The monoisotopic (exact) mass is 626 g/mol. The van der Waals surface area contributed by atoms with E-state index >= 15 is 4.39 Å². The van der Waals surface area contributed by atoms with E-state index in [-0.39, 0.29) is 29.7 Å². The zero-order valence-corrected chi connectivity index (χ0v) is 25.4. The van der Waals surface area contributed by atoms with Crippen LogP contribution in [0.15, 0.2) is 72.9 Å². The summed E-state index contributed by atoms with van der Waals surface area (Å²) in [6.07, 6.45) is 5.36. The minimum atomic E-state index is -1.05. The summed E-state index contributed by atoms with van der Waals surface area (Å²) in [5.41, 5.74) is 2.13. The third-order valence-corrected chi connectivity index (χ3v) is 8.34. The summed E-state index contributed by atoms with van der Waals surface area (Å²) in [6, 6.07) is 17.7. The van der Waals surface area contributed by atoms with Crippen LogP contribution in [0.5, 0.6) is 17.2 Å². The van der Waals surface area contributed by atoms with Gasteiger partial charge in [-0.3, -0.25) is 4.79 Å². The number of aromatic nitrogens is 2. The molecule has 2 aliphatic rings. The van der Waals surface area contributed by atoms with Crippen LogP contribution in [-0.4, -0.2) is 53.0 Å². The highest BCUT2D eigenvalue weighted by atomic mass is 19.1. The second-order valence-corrected chi connectivity index (χ2v) is 11.7. The molecule has 0 aliphatic carbocycles. The molecule has 0 radical (unpaired) electrons. The third kappa shape index (κ3) is 7.16. The lowest BCUT2D eigenvalue weighted by atomic mass is 9.81. The Kier molecular flexibility index (Phi) is 9.23. The quantitative estimate of drug-likeness (QED) is 0.191. The fourth-order valence-corrected chi connectivity index (χ4v) is 5.95. The molecule has 1 aromatic heterocycles. The molecule has 1 amide bonds. The van der Waals surface area contributed by atoms with E-state index < -0.39 is 17.3 Å². The molecule has 0 saturated carbocycles. The molecule has 1 saturated heterocycles. The second-order valence-electron chi connectivity index (χ2n) is 11.7. The summed E-state index contributed by atoms with van der Waals surface area (Å²) in [5.74, 6) is -0.280. The number of carbonyl (C=O) groups is 2. The van der Waals surface area contributed by atoms with Gasteiger partial charge < -0.3 is 30.0 Å². The number of hydrogen-bond acceptors (Lipinski definition) is 8. The fourth-order valence-electron chi connectivity index (χ4n) is 5.95. The zero-order chi connectivity index (χ0) is 32.1. The molecule has 11 heteroatoms. The van der Waals surface area contributed by atoms with Crippen molar-refractivity contribution < 1.29 is 33.3 Å². The Hall–Kier alpha value is -4.87. The Balaban J connectivity index is 1.29. The largest absolute Gasteiger partial charge is 0.487 e. The third-order valence-electron chi connectivity index (χ3n) is 8.34. The number of nitrogens with one attached hydrogen (secondary N) is 2. The van der Waals surface area contributed by atoms with Gasteiger partial charge in [0.15, 0.2) is 17.3 Å². The summed E-state index contributed by atoms with van der Waals surface area (Å²) >= 11 is 0. The molecule has 2 aliphatic heterocycles. The first-order valence-corrected chi connectivity index (χ1v) is 15.3. The number of benzene rings is 3. The van der Waals surface area contributed by atoms with E-state index in [0.717, 1.165) is 36.8 Å². The highest BCUT2D eigenvalue weighted by Gasteiger charge is 2.35. The summed E-state index contributed by atoms with van der Waals surface area (Å²) in [7, 11) is 0. The van der Waals surface area contributed by atoms with Crippen molar-refractivity contribution in [2.45, 2.75) is 50.7 Å². The molecular weight excluding hydrogens is 591 g/mol. The number of carboxylic acids is 1. The van der Waals surface area contributed by atoms with E-state index in [9.17, 15) is 14.7 Å². The molecule has 46 heavy (non-hydrogen) atoms. The van der Waals surface area contributed by atoms with E-state index in [2.05, 4.69) is 20.8 Å². The van der Waals surface area contributed by atoms with Crippen LogP contribution >= 0.6 is 0 Å². The number of hydrogen-bond donors (Lipinski definition) is 3. The minimum Gasteiger partial charge on any atom is -0.487 e. The van der Waals surface area contributed by atoms with Gasteiger partial charge >= 0.3 is 5.97 Å². The van der Waals surface area contributed by atoms with Crippen LogP contribution in [0.25, 0.3) is 11.1 Å². The Bertz CT molecular complexity index is 1710. The van der Waals surface area contributed by atoms with Crippen LogP contribution in [0.2, 0.25) is 0 Å². The molecule has 2 atom stereocenters. The standard InChI is InChI=1S/C35H35FN4O6/c1-35(20-33(41)39-32-6-4-14-38-40-32)28-19-31(30(17-24(28)13-15-37-35)45-21-26-5-2-3-16-44-26)46-25-11-12-27(29(36)18-25)22-7-9-23(10-8-22)34(42)43/h4,6-12,14,17-19,26,37H,2-3,5,13,15-16,20-21H2,1H3,(H,42,43)(H,39,40,41)/t26?,35-/m1/s1. The van der Waals surface area contributed by atoms with E-state index in [1.54, 1.807) is 36.4 Å². The van der Waals surface area contributed by atoms with Crippen molar-refractivity contribution in [3.63, 3.8) is 0 Å². The van der Waals surface area contributed by atoms with Crippen LogP contribution in [-0.2, 0) is 21.5 Å². The average molecular weight is 627 g/mol. The SMILES string of the molecule is C[C@]1(CC(=O)Nc2cccnn2)NCCc2cc(OCC3CCCCO3)c(Oc3ccc(-c4ccc(C(=O)O)cc4)c(F)c3)cc21. The fraction of sp³-hybridized carbons (Fsp3) is 0.314. The topological polar surface area (TPSA) is 132 Å². The maximum absolute atomic E-state index is 15.4. The van der Waals surface area contributed by atoms with E-state index in [0.29, 0.717) is 48.2 Å². The molecule has 3 heterocycles. The lowest BCUT2D eigenvalue weighted by molar-refractivity contribution is -0.117. The molecule has 3 aromatic carbocycles. The lowest BCUT2D eigenvalue weighted by Crippen LogP contribution is -2.47. The molecule has 4 aromatic rings. The molecule has 10 nitrogen and oxygen atoms in total. The molecule has 3 N–H and O–H groups in total. The highest BCUT2D eigenvalue weighted by molar-refractivity contribution is 5.90. The Morgan fingerprint density at radius 3 is 2.67 bits per heavy atom. The highest BCUT2D eigenvalue weighted by Crippen LogP contribution is 2.42. The number of anilines is 1. The number of halogens is 1. The predicted octanol–water partition coefficient (Wildman–Crippen LogP) is 6.11. The summed E-state index contributed by atoms with van der Waals surface area (Å²) < 4.78 is 33.9. The summed E-state index contributed by atoms with van der Waals surface area (Å²) in [5, 5.41) is 23.3. The Morgan fingerprint density at radius 1 is 1.11 bits per heavy atom. The number of rotatable bonds is 10. The molecular formula is C35H35FN4O6. The number of aromatic carboxylic acids is 1. The minimum absolute atomic E-state index is 0.0291.